The van der Waals surface area contributed by atoms with E-state index in [4.69, 9.17) is 0 Å². The fourth-order valence-corrected chi connectivity index (χ4v) is 2.14. The van der Waals surface area contributed by atoms with Crippen LogP contribution in [0.1, 0.15) is 24.6 Å². The molecule has 0 spiro atoms. The standard InChI is InChI=1S/C15H28N4/c1-6-7-19(9-8-18(4)5)15-10-13(2)17-12-14(15)11-16-3/h10,12,16H,6-9,11H2,1-5H3. The summed E-state index contributed by atoms with van der Waals surface area (Å²) in [6.45, 7) is 8.37. The third kappa shape index (κ3) is 5.17. The van der Waals surface area contributed by atoms with Gasteiger partial charge < -0.3 is 15.1 Å². The number of pyridine rings is 1. The fourth-order valence-electron chi connectivity index (χ4n) is 2.14. The van der Waals surface area contributed by atoms with Gasteiger partial charge in [-0.3, -0.25) is 4.98 Å². The summed E-state index contributed by atoms with van der Waals surface area (Å²) in [4.78, 5) is 9.12. The third-order valence-electron chi connectivity index (χ3n) is 3.12. The lowest BCUT2D eigenvalue weighted by molar-refractivity contribution is 0.412. The summed E-state index contributed by atoms with van der Waals surface area (Å²) in [5.74, 6) is 0. The number of rotatable bonds is 8. The molecule has 108 valence electrons. The number of aromatic nitrogens is 1. The first-order valence-electron chi connectivity index (χ1n) is 7.08. The highest BCUT2D eigenvalue weighted by atomic mass is 15.2. The molecule has 0 amide bonds. The second-order valence-corrected chi connectivity index (χ2v) is 5.28. The Bertz CT molecular complexity index is 376. The van der Waals surface area contributed by atoms with Gasteiger partial charge in [-0.15, -0.1) is 0 Å². The maximum Gasteiger partial charge on any atom is 0.0445 e. The van der Waals surface area contributed by atoms with Crippen LogP contribution in [0.25, 0.3) is 0 Å². The predicted octanol–water partition coefficient (Wildman–Crippen LogP) is 1.89. The molecule has 1 aromatic rings. The van der Waals surface area contributed by atoms with Crippen molar-refractivity contribution < 1.29 is 0 Å². The second-order valence-electron chi connectivity index (χ2n) is 5.28. The van der Waals surface area contributed by atoms with E-state index in [0.717, 1.165) is 38.3 Å². The monoisotopic (exact) mass is 264 g/mol. The molecule has 0 unspecified atom stereocenters. The minimum Gasteiger partial charge on any atom is -0.370 e. The number of nitrogens with one attached hydrogen (secondary N) is 1. The fraction of sp³-hybridized carbons (Fsp3) is 0.667. The number of hydrogen-bond donors (Lipinski definition) is 1. The normalized spacial score (nSPS) is 11.1. The lowest BCUT2D eigenvalue weighted by atomic mass is 10.1. The molecular formula is C15H28N4. The lowest BCUT2D eigenvalue weighted by Crippen LogP contribution is -2.33. The number of hydrogen-bond acceptors (Lipinski definition) is 4. The molecule has 1 heterocycles. The number of likely N-dealkylation sites (N-methyl/N-ethyl adjacent to an activating group) is 1. The van der Waals surface area contributed by atoms with E-state index in [1.807, 2.05) is 13.2 Å². The van der Waals surface area contributed by atoms with Gasteiger partial charge in [0.1, 0.15) is 0 Å². The first-order chi connectivity index (χ1) is 9.08. The van der Waals surface area contributed by atoms with Gasteiger partial charge in [-0.25, -0.2) is 0 Å². The van der Waals surface area contributed by atoms with Crippen molar-refractivity contribution in [2.24, 2.45) is 0 Å². The smallest absolute Gasteiger partial charge is 0.0445 e. The average molecular weight is 264 g/mol. The Labute approximate surface area is 117 Å². The summed E-state index contributed by atoms with van der Waals surface area (Å²) in [6, 6.07) is 2.21. The summed E-state index contributed by atoms with van der Waals surface area (Å²) in [6.07, 6.45) is 3.16. The molecule has 0 aromatic carbocycles. The van der Waals surface area contributed by atoms with Crippen molar-refractivity contribution in [2.75, 3.05) is 45.7 Å². The zero-order chi connectivity index (χ0) is 14.3. The average Bonchev–Trinajstić information content (AvgIpc) is 2.37. The highest BCUT2D eigenvalue weighted by Crippen LogP contribution is 2.21. The van der Waals surface area contributed by atoms with Crippen LogP contribution in [0.3, 0.4) is 0 Å². The SMILES string of the molecule is CCCN(CCN(C)C)c1cc(C)ncc1CNC. The van der Waals surface area contributed by atoms with E-state index in [0.29, 0.717) is 0 Å². The first-order valence-corrected chi connectivity index (χ1v) is 7.08. The number of anilines is 1. The van der Waals surface area contributed by atoms with E-state index in [-0.39, 0.29) is 0 Å². The Morgan fingerprint density at radius 2 is 1.95 bits per heavy atom. The molecule has 0 saturated carbocycles. The maximum atomic E-state index is 4.42. The molecule has 19 heavy (non-hydrogen) atoms. The minimum absolute atomic E-state index is 0.866. The summed E-state index contributed by atoms with van der Waals surface area (Å²) >= 11 is 0. The molecule has 1 N–H and O–H groups in total. The van der Waals surface area contributed by atoms with Gasteiger partial charge in [0.2, 0.25) is 0 Å². The minimum atomic E-state index is 0.866. The Hall–Kier alpha value is -1.13. The molecule has 0 saturated heterocycles. The van der Waals surface area contributed by atoms with Crippen LogP contribution < -0.4 is 10.2 Å². The van der Waals surface area contributed by atoms with Gasteiger partial charge in [0.15, 0.2) is 0 Å². The quantitative estimate of drug-likeness (QED) is 0.777. The van der Waals surface area contributed by atoms with Gasteiger partial charge in [0.25, 0.3) is 0 Å². The molecule has 0 bridgehead atoms. The van der Waals surface area contributed by atoms with Crippen molar-refractivity contribution in [1.82, 2.24) is 15.2 Å². The number of aryl methyl sites for hydroxylation is 1. The van der Waals surface area contributed by atoms with Gasteiger partial charge in [0.05, 0.1) is 0 Å². The Balaban J connectivity index is 2.94. The van der Waals surface area contributed by atoms with Crippen LogP contribution in [0.5, 0.6) is 0 Å². The maximum absolute atomic E-state index is 4.42. The molecule has 4 heteroatoms. The molecule has 0 aliphatic carbocycles. The summed E-state index contributed by atoms with van der Waals surface area (Å²) < 4.78 is 0. The van der Waals surface area contributed by atoms with Crippen LogP contribution in [0.15, 0.2) is 12.3 Å². The molecule has 0 aliphatic heterocycles. The van der Waals surface area contributed by atoms with E-state index in [1.165, 1.54) is 11.3 Å². The van der Waals surface area contributed by atoms with Crippen LogP contribution in [0.4, 0.5) is 5.69 Å². The Morgan fingerprint density at radius 3 is 2.53 bits per heavy atom. The van der Waals surface area contributed by atoms with Gasteiger partial charge in [-0.05, 0) is 40.6 Å². The van der Waals surface area contributed by atoms with Crippen LogP contribution in [-0.4, -0.2) is 50.7 Å². The lowest BCUT2D eigenvalue weighted by Gasteiger charge is -2.28. The van der Waals surface area contributed by atoms with E-state index in [9.17, 15) is 0 Å². The first kappa shape index (κ1) is 15.9. The molecule has 4 nitrogen and oxygen atoms in total. The largest absolute Gasteiger partial charge is 0.370 e. The van der Waals surface area contributed by atoms with Gasteiger partial charge in [-0.1, -0.05) is 6.92 Å². The van der Waals surface area contributed by atoms with E-state index < -0.39 is 0 Å². The second kappa shape index (κ2) is 8.12. The van der Waals surface area contributed by atoms with Crippen LogP contribution in [0.2, 0.25) is 0 Å². The van der Waals surface area contributed by atoms with E-state index in [1.54, 1.807) is 0 Å². The van der Waals surface area contributed by atoms with E-state index >= 15 is 0 Å². The third-order valence-corrected chi connectivity index (χ3v) is 3.12. The number of nitrogens with zero attached hydrogens (tertiary/aromatic N) is 3. The summed E-state index contributed by atoms with van der Waals surface area (Å²) in [5.41, 5.74) is 3.69. The van der Waals surface area contributed by atoms with Crippen molar-refractivity contribution in [3.8, 4) is 0 Å². The molecule has 0 aliphatic rings. The molecule has 1 aromatic heterocycles. The zero-order valence-electron chi connectivity index (χ0n) is 13.0. The highest BCUT2D eigenvalue weighted by molar-refractivity contribution is 5.53. The van der Waals surface area contributed by atoms with Gasteiger partial charge in [0, 0.05) is 49.3 Å². The molecule has 0 atom stereocenters. The van der Waals surface area contributed by atoms with Crippen molar-refractivity contribution in [2.45, 2.75) is 26.8 Å². The predicted molar refractivity (Wildman–Crippen MR) is 82.8 cm³/mol. The molecule has 1 rings (SSSR count). The van der Waals surface area contributed by atoms with Crippen LogP contribution >= 0.6 is 0 Å². The van der Waals surface area contributed by atoms with Crippen molar-refractivity contribution in [3.63, 3.8) is 0 Å². The van der Waals surface area contributed by atoms with Crippen molar-refractivity contribution >= 4 is 5.69 Å². The van der Waals surface area contributed by atoms with Crippen molar-refractivity contribution in [3.05, 3.63) is 23.5 Å². The molecule has 0 fully saturated rings. The van der Waals surface area contributed by atoms with Gasteiger partial charge in [-0.2, -0.15) is 0 Å². The van der Waals surface area contributed by atoms with E-state index in [2.05, 4.69) is 54.1 Å². The van der Waals surface area contributed by atoms with Gasteiger partial charge >= 0.3 is 0 Å². The van der Waals surface area contributed by atoms with Crippen LogP contribution in [0, 0.1) is 6.92 Å². The highest BCUT2D eigenvalue weighted by Gasteiger charge is 2.11. The molecule has 0 radical (unpaired) electrons. The summed E-state index contributed by atoms with van der Waals surface area (Å²) in [7, 11) is 6.22. The van der Waals surface area contributed by atoms with Crippen molar-refractivity contribution in [1.29, 1.82) is 0 Å². The zero-order valence-corrected chi connectivity index (χ0v) is 13.0. The Kier molecular flexibility index (Phi) is 6.81. The van der Waals surface area contributed by atoms with Crippen LogP contribution in [-0.2, 0) is 6.54 Å². The topological polar surface area (TPSA) is 31.4 Å². The molecular weight excluding hydrogens is 236 g/mol. The summed E-state index contributed by atoms with van der Waals surface area (Å²) in [5, 5.41) is 3.23. The Morgan fingerprint density at radius 1 is 1.21 bits per heavy atom.